The highest BCUT2D eigenvalue weighted by atomic mass is 16.5. The van der Waals surface area contributed by atoms with E-state index in [0.29, 0.717) is 5.56 Å². The molecule has 16 heavy (non-hydrogen) atoms. The first kappa shape index (κ1) is 11.1. The number of nitrogens with zero attached hydrogens (tertiary/aromatic N) is 1. The molecule has 0 saturated carbocycles. The Labute approximate surface area is 94.6 Å². The monoisotopic (exact) mass is 223 g/mol. The molecule has 5 nitrogen and oxygen atoms in total. The second kappa shape index (κ2) is 4.65. The normalized spacial score (nSPS) is 22.0. The zero-order valence-electron chi connectivity index (χ0n) is 9.62. The lowest BCUT2D eigenvalue weighted by Crippen LogP contribution is -2.40. The van der Waals surface area contributed by atoms with Crippen molar-refractivity contribution in [1.29, 1.82) is 0 Å². The molecule has 2 atom stereocenters. The van der Waals surface area contributed by atoms with Gasteiger partial charge in [0.2, 0.25) is 0 Å². The van der Waals surface area contributed by atoms with Crippen molar-refractivity contribution >= 4 is 5.91 Å². The molecular formula is C11H17N3O2. The Morgan fingerprint density at radius 3 is 3.12 bits per heavy atom. The average Bonchev–Trinajstić information content (AvgIpc) is 2.86. The lowest BCUT2D eigenvalue weighted by molar-refractivity contribution is 0.0712. The van der Waals surface area contributed by atoms with Crippen LogP contribution in [0.3, 0.4) is 0 Å². The van der Waals surface area contributed by atoms with E-state index in [4.69, 9.17) is 4.74 Å². The van der Waals surface area contributed by atoms with Crippen molar-refractivity contribution < 1.29 is 9.53 Å². The molecule has 1 aliphatic rings. The van der Waals surface area contributed by atoms with E-state index in [2.05, 4.69) is 15.5 Å². The minimum Gasteiger partial charge on any atom is -0.376 e. The van der Waals surface area contributed by atoms with Crippen LogP contribution in [0.2, 0.25) is 0 Å². The topological polar surface area (TPSA) is 67.0 Å². The third-order valence-electron chi connectivity index (χ3n) is 2.96. The quantitative estimate of drug-likeness (QED) is 0.803. The zero-order chi connectivity index (χ0) is 11.5. The Balaban J connectivity index is 1.94. The Bertz CT molecular complexity index is 369. The number of rotatable bonds is 3. The van der Waals surface area contributed by atoms with Gasteiger partial charge in [-0.05, 0) is 26.7 Å². The number of hydrogen-bond donors (Lipinski definition) is 2. The van der Waals surface area contributed by atoms with Crippen LogP contribution in [0, 0.1) is 6.92 Å². The van der Waals surface area contributed by atoms with E-state index in [1.54, 1.807) is 6.20 Å². The van der Waals surface area contributed by atoms with E-state index in [1.165, 1.54) is 0 Å². The second-order valence-electron chi connectivity index (χ2n) is 4.22. The van der Waals surface area contributed by atoms with E-state index < -0.39 is 0 Å². The van der Waals surface area contributed by atoms with E-state index in [9.17, 15) is 4.79 Å². The fraction of sp³-hybridized carbons (Fsp3) is 0.636. The zero-order valence-corrected chi connectivity index (χ0v) is 9.62. The summed E-state index contributed by atoms with van der Waals surface area (Å²) in [6, 6.07) is 0.0456. The predicted molar refractivity (Wildman–Crippen MR) is 59.2 cm³/mol. The number of amides is 1. The Morgan fingerprint density at radius 1 is 1.75 bits per heavy atom. The number of aromatic amines is 1. The lowest BCUT2D eigenvalue weighted by atomic mass is 10.1. The fourth-order valence-electron chi connectivity index (χ4n) is 1.95. The summed E-state index contributed by atoms with van der Waals surface area (Å²) in [6.07, 6.45) is 3.80. The van der Waals surface area contributed by atoms with Crippen molar-refractivity contribution in [2.75, 3.05) is 6.61 Å². The minimum atomic E-state index is -0.0887. The summed E-state index contributed by atoms with van der Waals surface area (Å²) in [6.45, 7) is 4.61. The van der Waals surface area contributed by atoms with Crippen molar-refractivity contribution in [3.63, 3.8) is 0 Å². The van der Waals surface area contributed by atoms with Crippen LogP contribution in [-0.4, -0.2) is 34.9 Å². The maximum absolute atomic E-state index is 11.9. The van der Waals surface area contributed by atoms with Gasteiger partial charge in [-0.25, -0.2) is 0 Å². The van der Waals surface area contributed by atoms with E-state index in [-0.39, 0.29) is 18.1 Å². The number of carbonyl (C=O) groups excluding carboxylic acids is 1. The molecule has 88 valence electrons. The number of hydrogen-bond acceptors (Lipinski definition) is 3. The molecule has 2 unspecified atom stereocenters. The van der Waals surface area contributed by atoms with Crippen LogP contribution in [0.1, 0.15) is 35.8 Å². The number of H-pyrrole nitrogens is 1. The molecule has 2 heterocycles. The molecule has 1 aromatic rings. The first-order valence-corrected chi connectivity index (χ1v) is 5.61. The second-order valence-corrected chi connectivity index (χ2v) is 4.22. The van der Waals surface area contributed by atoms with Gasteiger partial charge >= 0.3 is 0 Å². The highest BCUT2D eigenvalue weighted by Gasteiger charge is 2.24. The highest BCUT2D eigenvalue weighted by Crippen LogP contribution is 2.15. The van der Waals surface area contributed by atoms with Crippen LogP contribution >= 0.6 is 0 Å². The van der Waals surface area contributed by atoms with Crippen molar-refractivity contribution in [2.24, 2.45) is 0 Å². The van der Waals surface area contributed by atoms with Gasteiger partial charge in [0.15, 0.2) is 0 Å². The van der Waals surface area contributed by atoms with Crippen molar-refractivity contribution in [3.05, 3.63) is 17.5 Å². The first-order valence-electron chi connectivity index (χ1n) is 5.61. The predicted octanol–water partition coefficient (Wildman–Crippen LogP) is 1.02. The summed E-state index contributed by atoms with van der Waals surface area (Å²) >= 11 is 0. The molecule has 1 aromatic heterocycles. The number of aryl methyl sites for hydroxylation is 1. The molecule has 0 aliphatic carbocycles. The molecule has 0 spiro atoms. The summed E-state index contributed by atoms with van der Waals surface area (Å²) in [7, 11) is 0. The molecule has 1 aliphatic heterocycles. The Kier molecular flexibility index (Phi) is 3.24. The summed E-state index contributed by atoms with van der Waals surface area (Å²) in [4.78, 5) is 11.9. The molecule has 2 rings (SSSR count). The average molecular weight is 223 g/mol. The van der Waals surface area contributed by atoms with Crippen LogP contribution in [-0.2, 0) is 4.74 Å². The molecule has 1 amide bonds. The van der Waals surface area contributed by atoms with Crippen LogP contribution in [0.4, 0.5) is 0 Å². The molecule has 0 bridgehead atoms. The summed E-state index contributed by atoms with van der Waals surface area (Å²) < 4.78 is 5.53. The van der Waals surface area contributed by atoms with Crippen LogP contribution < -0.4 is 5.32 Å². The molecular weight excluding hydrogens is 206 g/mol. The van der Waals surface area contributed by atoms with Crippen LogP contribution in [0.25, 0.3) is 0 Å². The minimum absolute atomic E-state index is 0.0456. The number of ether oxygens (including phenoxy) is 1. The third-order valence-corrected chi connectivity index (χ3v) is 2.96. The van der Waals surface area contributed by atoms with Gasteiger partial charge in [-0.3, -0.25) is 9.89 Å². The molecule has 5 heteroatoms. The summed E-state index contributed by atoms with van der Waals surface area (Å²) in [5.41, 5.74) is 1.39. The Morgan fingerprint density at radius 2 is 2.56 bits per heavy atom. The van der Waals surface area contributed by atoms with Gasteiger partial charge in [-0.2, -0.15) is 5.10 Å². The summed E-state index contributed by atoms with van der Waals surface area (Å²) in [5.74, 6) is -0.0887. The van der Waals surface area contributed by atoms with Gasteiger partial charge in [0.25, 0.3) is 5.91 Å². The fourth-order valence-corrected chi connectivity index (χ4v) is 1.95. The number of aromatic nitrogens is 2. The van der Waals surface area contributed by atoms with E-state index >= 15 is 0 Å². The van der Waals surface area contributed by atoms with Gasteiger partial charge in [-0.1, -0.05) is 0 Å². The van der Waals surface area contributed by atoms with Gasteiger partial charge in [0.05, 0.1) is 23.9 Å². The van der Waals surface area contributed by atoms with Crippen molar-refractivity contribution in [1.82, 2.24) is 15.5 Å². The summed E-state index contributed by atoms with van der Waals surface area (Å²) in [5, 5.41) is 9.52. The number of carbonyl (C=O) groups is 1. The maximum atomic E-state index is 11.9. The smallest absolute Gasteiger partial charge is 0.255 e. The molecule has 0 radical (unpaired) electrons. The van der Waals surface area contributed by atoms with E-state index in [0.717, 1.165) is 25.1 Å². The van der Waals surface area contributed by atoms with Gasteiger partial charge in [0.1, 0.15) is 0 Å². The van der Waals surface area contributed by atoms with Gasteiger partial charge in [0, 0.05) is 12.3 Å². The first-order chi connectivity index (χ1) is 7.68. The van der Waals surface area contributed by atoms with Crippen molar-refractivity contribution in [3.8, 4) is 0 Å². The largest absolute Gasteiger partial charge is 0.376 e. The van der Waals surface area contributed by atoms with Gasteiger partial charge in [-0.15, -0.1) is 0 Å². The van der Waals surface area contributed by atoms with Crippen LogP contribution in [0.15, 0.2) is 6.20 Å². The van der Waals surface area contributed by atoms with Crippen LogP contribution in [0.5, 0.6) is 0 Å². The number of nitrogens with one attached hydrogen (secondary N) is 2. The SMILES string of the molecule is Cc1[nH]ncc1C(=O)NC(C)C1CCCO1. The molecule has 1 saturated heterocycles. The standard InChI is InChI=1S/C11H17N3O2/c1-7-9(6-12-14-7)11(15)13-8(2)10-4-3-5-16-10/h6,8,10H,3-5H2,1-2H3,(H,12,14)(H,13,15). The lowest BCUT2D eigenvalue weighted by Gasteiger charge is -2.19. The maximum Gasteiger partial charge on any atom is 0.255 e. The van der Waals surface area contributed by atoms with Gasteiger partial charge < -0.3 is 10.1 Å². The Hall–Kier alpha value is -1.36. The van der Waals surface area contributed by atoms with E-state index in [1.807, 2.05) is 13.8 Å². The van der Waals surface area contributed by atoms with Crippen molar-refractivity contribution in [2.45, 2.75) is 38.8 Å². The molecule has 0 aromatic carbocycles. The third kappa shape index (κ3) is 2.24. The molecule has 2 N–H and O–H groups in total. The highest BCUT2D eigenvalue weighted by molar-refractivity contribution is 5.95. The molecule has 1 fully saturated rings.